The second-order valence-corrected chi connectivity index (χ2v) is 6.93. The van der Waals surface area contributed by atoms with Crippen LogP contribution < -0.4 is 4.72 Å². The molecule has 0 bridgehead atoms. The summed E-state index contributed by atoms with van der Waals surface area (Å²) in [6.07, 6.45) is 2.41. The molecule has 0 radical (unpaired) electrons. The first-order chi connectivity index (χ1) is 9.83. The number of hydrogen-bond donors (Lipinski definition) is 1. The lowest BCUT2D eigenvalue weighted by atomic mass is 10.2. The number of pyridine rings is 1. The number of halogens is 1. The van der Waals surface area contributed by atoms with Gasteiger partial charge in [0, 0.05) is 11.2 Å². The van der Waals surface area contributed by atoms with E-state index in [1.54, 1.807) is 38.2 Å². The van der Waals surface area contributed by atoms with Gasteiger partial charge in [-0.1, -0.05) is 18.5 Å². The van der Waals surface area contributed by atoms with Gasteiger partial charge in [-0.2, -0.15) is 0 Å². The number of rotatable bonds is 4. The number of aromatic nitrogens is 1. The highest BCUT2D eigenvalue weighted by atomic mass is 35.5. The van der Waals surface area contributed by atoms with E-state index in [0.29, 0.717) is 16.4 Å². The van der Waals surface area contributed by atoms with Crippen molar-refractivity contribution >= 4 is 27.4 Å². The zero-order valence-corrected chi connectivity index (χ0v) is 13.7. The highest BCUT2D eigenvalue weighted by Gasteiger charge is 2.19. The second kappa shape index (κ2) is 6.03. The molecule has 0 aliphatic rings. The first-order valence-electron chi connectivity index (χ1n) is 6.58. The van der Waals surface area contributed by atoms with Crippen LogP contribution in [0.5, 0.6) is 0 Å². The van der Waals surface area contributed by atoms with Gasteiger partial charge < -0.3 is 0 Å². The van der Waals surface area contributed by atoms with E-state index in [1.807, 2.05) is 13.0 Å². The summed E-state index contributed by atoms with van der Waals surface area (Å²) >= 11 is 6.01. The predicted molar refractivity (Wildman–Crippen MR) is 85.3 cm³/mol. The molecule has 1 heterocycles. The highest BCUT2D eigenvalue weighted by molar-refractivity contribution is 7.92. The fraction of sp³-hybridized carbons (Fsp3) is 0.267. The lowest BCUT2D eigenvalue weighted by Gasteiger charge is -2.12. The largest absolute Gasteiger partial charge is 0.263 e. The van der Waals surface area contributed by atoms with Gasteiger partial charge >= 0.3 is 0 Å². The number of benzene rings is 1. The molecule has 0 aliphatic heterocycles. The summed E-state index contributed by atoms with van der Waals surface area (Å²) in [6, 6.07) is 6.82. The predicted octanol–water partition coefficient (Wildman–Crippen LogP) is 3.72. The van der Waals surface area contributed by atoms with Crippen LogP contribution in [0, 0.1) is 13.8 Å². The summed E-state index contributed by atoms with van der Waals surface area (Å²) in [5.74, 6) is 0.321. The number of sulfonamides is 1. The Labute approximate surface area is 130 Å². The van der Waals surface area contributed by atoms with Crippen LogP contribution in [0.25, 0.3) is 0 Å². The van der Waals surface area contributed by atoms with Gasteiger partial charge in [0.05, 0.1) is 4.90 Å². The first-order valence-corrected chi connectivity index (χ1v) is 8.44. The van der Waals surface area contributed by atoms with Crippen LogP contribution in [-0.2, 0) is 16.4 Å². The summed E-state index contributed by atoms with van der Waals surface area (Å²) in [6.45, 7) is 5.49. The summed E-state index contributed by atoms with van der Waals surface area (Å²) in [4.78, 5) is 4.27. The van der Waals surface area contributed by atoms with Crippen molar-refractivity contribution in [3.05, 3.63) is 52.2 Å². The van der Waals surface area contributed by atoms with Gasteiger partial charge in [-0.05, 0) is 61.2 Å². The third-order valence-corrected chi connectivity index (χ3v) is 5.12. The van der Waals surface area contributed by atoms with Crippen LogP contribution >= 0.6 is 11.6 Å². The molecule has 1 aromatic carbocycles. The summed E-state index contributed by atoms with van der Waals surface area (Å²) in [5, 5.41) is 0.553. The molecule has 0 atom stereocenters. The van der Waals surface area contributed by atoms with Gasteiger partial charge in [0.15, 0.2) is 0 Å². The van der Waals surface area contributed by atoms with E-state index in [4.69, 9.17) is 11.6 Å². The van der Waals surface area contributed by atoms with E-state index in [2.05, 4.69) is 9.71 Å². The lowest BCUT2D eigenvalue weighted by molar-refractivity contribution is 0.600. The van der Waals surface area contributed by atoms with E-state index in [-0.39, 0.29) is 4.90 Å². The minimum Gasteiger partial charge on any atom is -0.263 e. The number of nitrogens with zero attached hydrogens (tertiary/aromatic N) is 1. The molecule has 1 aromatic heterocycles. The molecule has 0 amide bonds. The maximum Gasteiger partial charge on any atom is 0.263 e. The van der Waals surface area contributed by atoms with Crippen molar-refractivity contribution in [1.82, 2.24) is 4.98 Å². The van der Waals surface area contributed by atoms with Crippen LogP contribution in [0.2, 0.25) is 5.02 Å². The smallest absolute Gasteiger partial charge is 0.263 e. The van der Waals surface area contributed by atoms with Crippen molar-refractivity contribution in [2.75, 3.05) is 4.72 Å². The topological polar surface area (TPSA) is 59.1 Å². The van der Waals surface area contributed by atoms with Crippen LogP contribution in [0.1, 0.15) is 23.6 Å². The lowest BCUT2D eigenvalue weighted by Crippen LogP contribution is -2.15. The molecule has 0 fully saturated rings. The Kier molecular flexibility index (Phi) is 4.54. The molecule has 0 saturated heterocycles. The van der Waals surface area contributed by atoms with Crippen LogP contribution in [0.3, 0.4) is 0 Å². The number of nitrogens with one attached hydrogen (secondary N) is 1. The maximum absolute atomic E-state index is 12.5. The molecule has 1 N–H and O–H groups in total. The Balaban J connectivity index is 2.40. The zero-order chi connectivity index (χ0) is 15.6. The molecule has 21 heavy (non-hydrogen) atoms. The van der Waals surface area contributed by atoms with Crippen molar-refractivity contribution in [1.29, 1.82) is 0 Å². The van der Waals surface area contributed by atoms with Crippen molar-refractivity contribution in [2.45, 2.75) is 32.1 Å². The zero-order valence-electron chi connectivity index (χ0n) is 12.1. The van der Waals surface area contributed by atoms with E-state index in [1.165, 1.54) is 0 Å². The number of hydrogen-bond acceptors (Lipinski definition) is 3. The van der Waals surface area contributed by atoms with Crippen molar-refractivity contribution in [3.8, 4) is 0 Å². The average molecular weight is 325 g/mol. The van der Waals surface area contributed by atoms with E-state index in [0.717, 1.165) is 17.5 Å². The molecule has 112 valence electrons. The molecule has 2 aromatic rings. The molecule has 2 rings (SSSR count). The normalized spacial score (nSPS) is 11.4. The molecular formula is C15H17ClN2O2S. The van der Waals surface area contributed by atoms with Gasteiger partial charge in [0.25, 0.3) is 10.0 Å². The molecule has 4 nitrogen and oxygen atoms in total. The summed E-state index contributed by atoms with van der Waals surface area (Å²) in [5.41, 5.74) is 2.34. The van der Waals surface area contributed by atoms with Crippen LogP contribution in [-0.4, -0.2) is 13.4 Å². The number of aryl methyl sites for hydroxylation is 3. The van der Waals surface area contributed by atoms with Crippen molar-refractivity contribution in [2.24, 2.45) is 0 Å². The fourth-order valence-corrected chi connectivity index (χ4v) is 3.52. The minimum absolute atomic E-state index is 0.216. The fourth-order valence-electron chi connectivity index (χ4n) is 1.99. The quantitative estimate of drug-likeness (QED) is 0.932. The summed E-state index contributed by atoms with van der Waals surface area (Å²) in [7, 11) is -3.68. The number of anilines is 1. The maximum atomic E-state index is 12.5. The average Bonchev–Trinajstić information content (AvgIpc) is 2.42. The van der Waals surface area contributed by atoms with Gasteiger partial charge in [0.2, 0.25) is 0 Å². The van der Waals surface area contributed by atoms with Gasteiger partial charge in [0.1, 0.15) is 5.82 Å². The van der Waals surface area contributed by atoms with Crippen LogP contribution in [0.15, 0.2) is 35.4 Å². The summed E-state index contributed by atoms with van der Waals surface area (Å²) < 4.78 is 27.5. The van der Waals surface area contributed by atoms with Gasteiger partial charge in [-0.25, -0.2) is 13.4 Å². The Morgan fingerprint density at radius 3 is 2.57 bits per heavy atom. The van der Waals surface area contributed by atoms with E-state index >= 15 is 0 Å². The molecule has 0 aliphatic carbocycles. The second-order valence-electron chi connectivity index (χ2n) is 4.88. The van der Waals surface area contributed by atoms with Crippen LogP contribution in [0.4, 0.5) is 5.82 Å². The molecular weight excluding hydrogens is 308 g/mol. The minimum atomic E-state index is -3.68. The molecule has 0 spiro atoms. The van der Waals surface area contributed by atoms with Gasteiger partial charge in [-0.15, -0.1) is 0 Å². The Bertz CT molecular complexity index is 773. The first kappa shape index (κ1) is 15.8. The third-order valence-electron chi connectivity index (χ3n) is 3.22. The SMILES string of the molecule is CCc1ccnc(NS(=O)(=O)c2cc(C)c(Cl)cc2C)c1. The highest BCUT2D eigenvalue weighted by Crippen LogP contribution is 2.25. The molecule has 0 saturated carbocycles. The standard InChI is InChI=1S/C15H17ClN2O2S/c1-4-12-5-6-17-15(9-12)18-21(19,20)14-8-10(2)13(16)7-11(14)3/h5-9H,4H2,1-3H3,(H,17,18). The third kappa shape index (κ3) is 3.54. The van der Waals surface area contributed by atoms with Crippen molar-refractivity contribution in [3.63, 3.8) is 0 Å². The Hall–Kier alpha value is -1.59. The van der Waals surface area contributed by atoms with Crippen molar-refractivity contribution < 1.29 is 8.42 Å². The van der Waals surface area contributed by atoms with Gasteiger partial charge in [-0.3, -0.25) is 4.72 Å². The Morgan fingerprint density at radius 2 is 1.90 bits per heavy atom. The molecule has 0 unspecified atom stereocenters. The van der Waals surface area contributed by atoms with E-state index < -0.39 is 10.0 Å². The Morgan fingerprint density at radius 1 is 1.19 bits per heavy atom. The molecule has 6 heteroatoms. The monoisotopic (exact) mass is 324 g/mol. The van der Waals surface area contributed by atoms with E-state index in [9.17, 15) is 8.42 Å².